The number of carbonyl (C=O) groups excluding carboxylic acids is 1. The van der Waals surface area contributed by atoms with Crippen molar-refractivity contribution in [1.82, 2.24) is 9.78 Å². The summed E-state index contributed by atoms with van der Waals surface area (Å²) in [5.74, 6) is 0.256. The molecule has 4 heteroatoms. The number of phenolic OH excluding ortho intramolecular Hbond substituents is 1. The monoisotopic (exact) mass is 244 g/mol. The molecule has 1 heterocycles. The third-order valence-corrected chi connectivity index (χ3v) is 2.96. The maximum atomic E-state index is 12.2. The van der Waals surface area contributed by atoms with Gasteiger partial charge in [0.25, 0.3) is 0 Å². The van der Waals surface area contributed by atoms with Crippen LogP contribution in [0.5, 0.6) is 5.75 Å². The molecule has 1 N–H and O–H groups in total. The van der Waals surface area contributed by atoms with Crippen LogP contribution in [0.2, 0.25) is 0 Å². The van der Waals surface area contributed by atoms with Crippen LogP contribution in [-0.4, -0.2) is 20.7 Å². The lowest BCUT2D eigenvalue weighted by atomic mass is 10.0. The van der Waals surface area contributed by atoms with Crippen LogP contribution in [-0.2, 0) is 13.5 Å². The highest BCUT2D eigenvalue weighted by Crippen LogP contribution is 2.17. The van der Waals surface area contributed by atoms with Crippen molar-refractivity contribution in [2.75, 3.05) is 0 Å². The van der Waals surface area contributed by atoms with Gasteiger partial charge in [0.15, 0.2) is 5.78 Å². The number of phenols is 1. The second kappa shape index (κ2) is 4.64. The van der Waals surface area contributed by atoms with E-state index in [0.29, 0.717) is 12.1 Å². The molecule has 0 aliphatic heterocycles. The van der Waals surface area contributed by atoms with E-state index >= 15 is 0 Å². The molecule has 0 saturated carbocycles. The van der Waals surface area contributed by atoms with E-state index in [2.05, 4.69) is 5.10 Å². The number of Topliss-reactive ketones (excluding diaryl/α,β-unsaturated/α-hetero) is 1. The highest BCUT2D eigenvalue weighted by atomic mass is 16.3. The van der Waals surface area contributed by atoms with Crippen molar-refractivity contribution in [2.24, 2.45) is 7.05 Å². The molecule has 0 unspecified atom stereocenters. The predicted octanol–water partition coefficient (Wildman–Crippen LogP) is 2.17. The van der Waals surface area contributed by atoms with Gasteiger partial charge in [-0.15, -0.1) is 0 Å². The molecule has 94 valence electrons. The zero-order chi connectivity index (χ0) is 13.3. The Labute approximate surface area is 106 Å². The minimum atomic E-state index is 0.0342. The fraction of sp³-hybridized carbons (Fsp3) is 0.286. The van der Waals surface area contributed by atoms with E-state index in [1.165, 1.54) is 0 Å². The second-order valence-electron chi connectivity index (χ2n) is 4.51. The van der Waals surface area contributed by atoms with E-state index in [0.717, 1.165) is 16.8 Å². The molecule has 0 bridgehead atoms. The van der Waals surface area contributed by atoms with Gasteiger partial charge in [0.2, 0.25) is 0 Å². The number of hydrogen-bond donors (Lipinski definition) is 1. The topological polar surface area (TPSA) is 55.1 Å². The fourth-order valence-electron chi connectivity index (χ4n) is 2.01. The molecule has 0 spiro atoms. The van der Waals surface area contributed by atoms with Gasteiger partial charge in [-0.3, -0.25) is 9.48 Å². The fourth-order valence-corrected chi connectivity index (χ4v) is 2.01. The van der Waals surface area contributed by atoms with Crippen LogP contribution in [0.3, 0.4) is 0 Å². The molecular formula is C14H16N2O2. The maximum absolute atomic E-state index is 12.2. The van der Waals surface area contributed by atoms with Crippen LogP contribution in [0.25, 0.3) is 0 Å². The third-order valence-electron chi connectivity index (χ3n) is 2.96. The van der Waals surface area contributed by atoms with Crippen LogP contribution in [0.1, 0.15) is 27.3 Å². The molecule has 0 fully saturated rings. The number of hydrogen-bond acceptors (Lipinski definition) is 3. The van der Waals surface area contributed by atoms with E-state index in [4.69, 9.17) is 0 Å². The molecule has 1 aromatic heterocycles. The molecular weight excluding hydrogens is 228 g/mol. The Bertz CT molecular complexity index is 600. The summed E-state index contributed by atoms with van der Waals surface area (Å²) in [5, 5.41) is 13.5. The Hall–Kier alpha value is -2.10. The van der Waals surface area contributed by atoms with Gasteiger partial charge in [-0.05, 0) is 43.2 Å². The highest BCUT2D eigenvalue weighted by Gasteiger charge is 2.13. The van der Waals surface area contributed by atoms with Gasteiger partial charge >= 0.3 is 0 Å². The summed E-state index contributed by atoms with van der Waals surface area (Å²) in [6.45, 7) is 3.75. The van der Waals surface area contributed by atoms with Crippen LogP contribution in [0.4, 0.5) is 0 Å². The first-order chi connectivity index (χ1) is 8.47. The zero-order valence-electron chi connectivity index (χ0n) is 10.8. The Morgan fingerprint density at radius 2 is 2.06 bits per heavy atom. The van der Waals surface area contributed by atoms with Crippen molar-refractivity contribution in [3.05, 3.63) is 46.8 Å². The number of aryl methyl sites for hydroxylation is 3. The van der Waals surface area contributed by atoms with Crippen molar-refractivity contribution in [3.8, 4) is 5.75 Å². The first kappa shape index (κ1) is 12.4. The zero-order valence-corrected chi connectivity index (χ0v) is 10.8. The molecule has 2 aromatic rings. The normalized spacial score (nSPS) is 10.6. The Morgan fingerprint density at radius 1 is 1.33 bits per heavy atom. The molecule has 2 rings (SSSR count). The van der Waals surface area contributed by atoms with E-state index in [1.807, 2.05) is 13.8 Å². The van der Waals surface area contributed by atoms with E-state index in [9.17, 15) is 9.90 Å². The summed E-state index contributed by atoms with van der Waals surface area (Å²) >= 11 is 0. The molecule has 18 heavy (non-hydrogen) atoms. The Kier molecular flexibility index (Phi) is 3.19. The SMILES string of the molecule is Cc1cc(C(=O)Cc2ccc(O)cc2C)n(C)n1. The minimum absolute atomic E-state index is 0.0342. The van der Waals surface area contributed by atoms with E-state index in [1.54, 1.807) is 36.0 Å². The van der Waals surface area contributed by atoms with Crippen LogP contribution in [0, 0.1) is 13.8 Å². The van der Waals surface area contributed by atoms with Crippen LogP contribution >= 0.6 is 0 Å². The molecule has 4 nitrogen and oxygen atoms in total. The quantitative estimate of drug-likeness (QED) is 0.842. The molecule has 0 aliphatic carbocycles. The molecule has 0 saturated heterocycles. The molecule has 0 atom stereocenters. The Balaban J connectivity index is 2.24. The first-order valence-corrected chi connectivity index (χ1v) is 5.79. The lowest BCUT2D eigenvalue weighted by molar-refractivity contribution is 0.0983. The maximum Gasteiger partial charge on any atom is 0.185 e. The average molecular weight is 244 g/mol. The van der Waals surface area contributed by atoms with Gasteiger partial charge in [0.1, 0.15) is 11.4 Å². The number of benzene rings is 1. The largest absolute Gasteiger partial charge is 0.508 e. The van der Waals surface area contributed by atoms with Gasteiger partial charge < -0.3 is 5.11 Å². The van der Waals surface area contributed by atoms with Crippen molar-refractivity contribution in [3.63, 3.8) is 0 Å². The number of rotatable bonds is 3. The number of aromatic hydroxyl groups is 1. The number of nitrogens with zero attached hydrogens (tertiary/aromatic N) is 2. The lowest BCUT2D eigenvalue weighted by Crippen LogP contribution is -2.10. The standard InChI is InChI=1S/C14H16N2O2/c1-9-6-12(17)5-4-11(9)8-14(18)13-7-10(2)15-16(13)3/h4-7,17H,8H2,1-3H3. The van der Waals surface area contributed by atoms with Gasteiger partial charge in [-0.1, -0.05) is 6.07 Å². The van der Waals surface area contributed by atoms with Gasteiger partial charge in [-0.25, -0.2) is 0 Å². The van der Waals surface area contributed by atoms with E-state index in [-0.39, 0.29) is 11.5 Å². The number of carbonyl (C=O) groups is 1. The van der Waals surface area contributed by atoms with Crippen molar-refractivity contribution in [2.45, 2.75) is 20.3 Å². The van der Waals surface area contributed by atoms with Crippen molar-refractivity contribution < 1.29 is 9.90 Å². The number of ketones is 1. The highest BCUT2D eigenvalue weighted by molar-refractivity contribution is 5.96. The summed E-state index contributed by atoms with van der Waals surface area (Å²) in [7, 11) is 1.77. The second-order valence-corrected chi connectivity index (χ2v) is 4.51. The molecule has 1 aromatic carbocycles. The summed E-state index contributed by atoms with van der Waals surface area (Å²) in [6.07, 6.45) is 0.324. The average Bonchev–Trinajstić information content (AvgIpc) is 2.62. The van der Waals surface area contributed by atoms with E-state index < -0.39 is 0 Å². The van der Waals surface area contributed by atoms with Crippen LogP contribution < -0.4 is 0 Å². The van der Waals surface area contributed by atoms with Crippen molar-refractivity contribution >= 4 is 5.78 Å². The summed E-state index contributed by atoms with van der Waals surface area (Å²) in [4.78, 5) is 12.2. The predicted molar refractivity (Wildman–Crippen MR) is 68.8 cm³/mol. The summed E-state index contributed by atoms with van der Waals surface area (Å²) < 4.78 is 1.60. The summed E-state index contributed by atoms with van der Waals surface area (Å²) in [6, 6.07) is 6.84. The van der Waals surface area contributed by atoms with Crippen LogP contribution in [0.15, 0.2) is 24.3 Å². The molecule has 0 amide bonds. The third kappa shape index (κ3) is 2.42. The van der Waals surface area contributed by atoms with Crippen molar-refractivity contribution in [1.29, 1.82) is 0 Å². The summed E-state index contributed by atoms with van der Waals surface area (Å²) in [5.41, 5.74) is 3.29. The molecule has 0 radical (unpaired) electrons. The Morgan fingerprint density at radius 3 is 2.61 bits per heavy atom. The lowest BCUT2D eigenvalue weighted by Gasteiger charge is -2.06. The van der Waals surface area contributed by atoms with Gasteiger partial charge in [0.05, 0.1) is 5.69 Å². The number of aromatic nitrogens is 2. The van der Waals surface area contributed by atoms with Gasteiger partial charge in [-0.2, -0.15) is 5.10 Å². The smallest absolute Gasteiger partial charge is 0.185 e. The molecule has 0 aliphatic rings. The van der Waals surface area contributed by atoms with Gasteiger partial charge in [0, 0.05) is 13.5 Å². The first-order valence-electron chi connectivity index (χ1n) is 5.79. The minimum Gasteiger partial charge on any atom is -0.508 e.